The van der Waals surface area contributed by atoms with Crippen molar-refractivity contribution in [2.45, 2.75) is 19.5 Å². The molecule has 3 aromatic rings. The Kier molecular flexibility index (Phi) is 4.38. The highest BCUT2D eigenvalue weighted by molar-refractivity contribution is 5.65. The number of hydrogen-bond acceptors (Lipinski definition) is 3. The number of aromatic nitrogens is 2. The Balaban J connectivity index is 1.75. The summed E-state index contributed by atoms with van der Waals surface area (Å²) in [5.41, 5.74) is 1.86. The predicted octanol–water partition coefficient (Wildman–Crippen LogP) is 4.86. The van der Waals surface area contributed by atoms with Crippen LogP contribution in [0, 0.1) is 13.3 Å². The fourth-order valence-corrected chi connectivity index (χ4v) is 2.32. The topological polar surface area (TPSA) is 38.9 Å². The van der Waals surface area contributed by atoms with Crippen LogP contribution in [0.2, 0.25) is 0 Å². The van der Waals surface area contributed by atoms with Crippen LogP contribution in [0.5, 0.6) is 0 Å². The van der Waals surface area contributed by atoms with Gasteiger partial charge in [-0.1, -0.05) is 36.4 Å². The number of benzene rings is 2. The van der Waals surface area contributed by atoms with Crippen LogP contribution in [0.15, 0.2) is 52.9 Å². The number of nitrogens with zero attached hydrogens (tertiary/aromatic N) is 2. The molecule has 0 atom stereocenters. The lowest BCUT2D eigenvalue weighted by molar-refractivity contribution is -0.137. The molecular formula is C18H14F3N2O. The normalized spacial score (nSPS) is 11.7. The minimum Gasteiger partial charge on any atom is -0.426 e. The molecule has 0 aliphatic heterocycles. The Hall–Kier alpha value is -2.63. The lowest BCUT2D eigenvalue weighted by atomic mass is 10.00. The van der Waals surface area contributed by atoms with E-state index >= 15 is 0 Å². The molecule has 0 amide bonds. The first-order valence-corrected chi connectivity index (χ1v) is 7.32. The number of rotatable bonds is 4. The predicted molar refractivity (Wildman–Crippen MR) is 83.0 cm³/mol. The lowest BCUT2D eigenvalue weighted by Gasteiger charge is -2.08. The van der Waals surface area contributed by atoms with Gasteiger partial charge in [-0.2, -0.15) is 13.2 Å². The minimum atomic E-state index is -4.32. The van der Waals surface area contributed by atoms with Crippen LogP contribution < -0.4 is 0 Å². The molecule has 0 aliphatic rings. The van der Waals surface area contributed by atoms with Gasteiger partial charge >= 0.3 is 6.18 Å². The van der Waals surface area contributed by atoms with Crippen molar-refractivity contribution in [2.75, 3.05) is 0 Å². The molecule has 3 nitrogen and oxygen atoms in total. The second-order valence-corrected chi connectivity index (χ2v) is 5.32. The number of aryl methyl sites for hydroxylation is 1. The first-order valence-electron chi connectivity index (χ1n) is 7.32. The standard InChI is InChI=1S/C18H14F3N2O/c1-12-22-23-17(24-12)10-5-13-3-2-4-15(11-13)14-6-8-16(9-7-14)18(19,20)21/h2-9,11H,10H2,1H3. The van der Waals surface area contributed by atoms with E-state index in [1.165, 1.54) is 12.1 Å². The van der Waals surface area contributed by atoms with Crippen molar-refractivity contribution >= 4 is 0 Å². The first kappa shape index (κ1) is 16.2. The third kappa shape index (κ3) is 3.82. The van der Waals surface area contributed by atoms with Gasteiger partial charge in [0, 0.05) is 13.3 Å². The highest BCUT2D eigenvalue weighted by Crippen LogP contribution is 2.31. The lowest BCUT2D eigenvalue weighted by Crippen LogP contribution is -2.03. The van der Waals surface area contributed by atoms with Crippen LogP contribution in [0.25, 0.3) is 11.1 Å². The first-order chi connectivity index (χ1) is 11.4. The van der Waals surface area contributed by atoms with Gasteiger partial charge in [-0.05, 0) is 35.2 Å². The van der Waals surface area contributed by atoms with Crippen LogP contribution in [0.1, 0.15) is 22.9 Å². The van der Waals surface area contributed by atoms with E-state index in [-0.39, 0.29) is 0 Å². The second-order valence-electron chi connectivity index (χ2n) is 5.32. The molecule has 3 rings (SSSR count). The summed E-state index contributed by atoms with van der Waals surface area (Å²) in [7, 11) is 0. The zero-order valence-corrected chi connectivity index (χ0v) is 12.8. The number of hydrogen-bond donors (Lipinski definition) is 0. The molecule has 0 N–H and O–H groups in total. The van der Waals surface area contributed by atoms with Crippen LogP contribution >= 0.6 is 0 Å². The molecule has 0 aliphatic carbocycles. The summed E-state index contributed by atoms with van der Waals surface area (Å²) in [6.07, 6.45) is -1.89. The average Bonchev–Trinajstić information content (AvgIpc) is 2.98. The molecule has 1 heterocycles. The zero-order valence-electron chi connectivity index (χ0n) is 12.8. The summed E-state index contributed by atoms with van der Waals surface area (Å²) in [6, 6.07) is 12.7. The van der Waals surface area contributed by atoms with Crippen LogP contribution in [0.3, 0.4) is 0 Å². The Morgan fingerprint density at radius 2 is 1.75 bits per heavy atom. The molecule has 0 fully saturated rings. The highest BCUT2D eigenvalue weighted by atomic mass is 19.4. The van der Waals surface area contributed by atoms with Gasteiger partial charge in [0.25, 0.3) is 0 Å². The van der Waals surface area contributed by atoms with E-state index in [2.05, 4.69) is 10.2 Å². The van der Waals surface area contributed by atoms with Gasteiger partial charge in [0.15, 0.2) is 0 Å². The van der Waals surface area contributed by atoms with E-state index in [1.54, 1.807) is 6.92 Å². The van der Waals surface area contributed by atoms with Gasteiger partial charge in [-0.15, -0.1) is 10.2 Å². The molecule has 0 saturated carbocycles. The summed E-state index contributed by atoms with van der Waals surface area (Å²) in [5.74, 6) is 1.03. The summed E-state index contributed by atoms with van der Waals surface area (Å²) in [5, 5.41) is 7.68. The molecule has 123 valence electrons. The molecule has 1 aromatic heterocycles. The van der Waals surface area contributed by atoms with Gasteiger partial charge in [-0.25, -0.2) is 0 Å². The van der Waals surface area contributed by atoms with Crippen molar-refractivity contribution in [1.82, 2.24) is 10.2 Å². The fraction of sp³-hybridized carbons (Fsp3) is 0.167. The van der Waals surface area contributed by atoms with E-state index < -0.39 is 11.7 Å². The quantitative estimate of drug-likeness (QED) is 0.685. The molecular weight excluding hydrogens is 317 g/mol. The van der Waals surface area contributed by atoms with E-state index in [0.717, 1.165) is 28.8 Å². The molecule has 1 radical (unpaired) electrons. The summed E-state index contributed by atoms with van der Waals surface area (Å²) in [4.78, 5) is 0. The monoisotopic (exact) mass is 331 g/mol. The molecule has 0 unspecified atom stereocenters. The zero-order chi connectivity index (χ0) is 17.2. The van der Waals surface area contributed by atoms with Crippen LogP contribution in [-0.2, 0) is 12.6 Å². The fourth-order valence-electron chi connectivity index (χ4n) is 2.32. The molecule has 0 bridgehead atoms. The Bertz CT molecular complexity index is 823. The van der Waals surface area contributed by atoms with E-state index in [0.29, 0.717) is 18.2 Å². The second kappa shape index (κ2) is 6.47. The summed E-state index contributed by atoms with van der Waals surface area (Å²) >= 11 is 0. The van der Waals surface area contributed by atoms with Crippen molar-refractivity contribution in [3.8, 4) is 11.1 Å². The third-order valence-corrected chi connectivity index (χ3v) is 3.51. The number of alkyl halides is 3. The van der Waals surface area contributed by atoms with E-state index in [4.69, 9.17) is 4.42 Å². The van der Waals surface area contributed by atoms with Gasteiger partial charge in [0.05, 0.1) is 5.56 Å². The summed E-state index contributed by atoms with van der Waals surface area (Å²) < 4.78 is 43.2. The van der Waals surface area contributed by atoms with Crippen molar-refractivity contribution in [3.05, 3.63) is 77.9 Å². The van der Waals surface area contributed by atoms with Crippen molar-refractivity contribution in [3.63, 3.8) is 0 Å². The minimum absolute atomic E-state index is 0.497. The highest BCUT2D eigenvalue weighted by Gasteiger charge is 2.29. The molecule has 0 spiro atoms. The van der Waals surface area contributed by atoms with Crippen LogP contribution in [-0.4, -0.2) is 10.2 Å². The maximum Gasteiger partial charge on any atom is 0.416 e. The van der Waals surface area contributed by atoms with Gasteiger partial charge in [0.1, 0.15) is 0 Å². The maximum atomic E-state index is 12.6. The molecule has 2 aromatic carbocycles. The molecule has 0 saturated heterocycles. The SMILES string of the molecule is Cc1nnc(C[CH]c2cccc(-c3ccc(C(F)(F)F)cc3)c2)o1. The van der Waals surface area contributed by atoms with Crippen LogP contribution in [0.4, 0.5) is 13.2 Å². The maximum absolute atomic E-state index is 12.6. The molecule has 6 heteroatoms. The van der Waals surface area contributed by atoms with Gasteiger partial charge < -0.3 is 4.42 Å². The van der Waals surface area contributed by atoms with E-state index in [1.807, 2.05) is 30.7 Å². The summed E-state index contributed by atoms with van der Waals surface area (Å²) in [6.45, 7) is 1.72. The Labute approximate surface area is 137 Å². The third-order valence-electron chi connectivity index (χ3n) is 3.51. The van der Waals surface area contributed by atoms with Gasteiger partial charge in [-0.3, -0.25) is 0 Å². The van der Waals surface area contributed by atoms with Gasteiger partial charge in [0.2, 0.25) is 11.8 Å². The van der Waals surface area contributed by atoms with Crippen molar-refractivity contribution < 1.29 is 17.6 Å². The molecule has 24 heavy (non-hydrogen) atoms. The Morgan fingerprint density at radius 3 is 2.38 bits per heavy atom. The van der Waals surface area contributed by atoms with E-state index in [9.17, 15) is 13.2 Å². The average molecular weight is 331 g/mol. The largest absolute Gasteiger partial charge is 0.426 e. The van der Waals surface area contributed by atoms with Crippen molar-refractivity contribution in [1.29, 1.82) is 0 Å². The number of halogens is 3. The van der Waals surface area contributed by atoms with Crippen molar-refractivity contribution in [2.24, 2.45) is 0 Å². The smallest absolute Gasteiger partial charge is 0.416 e. The Morgan fingerprint density at radius 1 is 1.00 bits per heavy atom.